The van der Waals surface area contributed by atoms with Crippen LogP contribution < -0.4 is 10.2 Å². The Balaban J connectivity index is 1.78. The lowest BCUT2D eigenvalue weighted by molar-refractivity contribution is 0.848. The molecule has 3 aromatic rings. The first-order chi connectivity index (χ1) is 12.9. The second kappa shape index (κ2) is 8.16. The second-order valence-electron chi connectivity index (χ2n) is 7.08. The molecule has 1 N–H and O–H groups in total. The highest BCUT2D eigenvalue weighted by Crippen LogP contribution is 2.26. The van der Waals surface area contributed by atoms with Crippen LogP contribution in [0, 0.1) is 27.7 Å². The number of nitrogens with one attached hydrogen (secondary N) is 1. The van der Waals surface area contributed by atoms with E-state index in [1.807, 2.05) is 25.4 Å². The molecule has 5 nitrogen and oxygen atoms in total. The minimum absolute atomic E-state index is 0.758. The molecule has 2 heterocycles. The molecule has 3 rings (SSSR count). The van der Waals surface area contributed by atoms with Crippen molar-refractivity contribution in [2.75, 3.05) is 23.8 Å². The minimum atomic E-state index is 0.758. The van der Waals surface area contributed by atoms with Crippen LogP contribution in [0.4, 0.5) is 17.3 Å². The summed E-state index contributed by atoms with van der Waals surface area (Å²) in [5.41, 5.74) is 6.09. The molecule has 0 amide bonds. The Morgan fingerprint density at radius 2 is 1.59 bits per heavy atom. The van der Waals surface area contributed by atoms with Crippen LogP contribution in [0.15, 0.2) is 42.7 Å². The van der Waals surface area contributed by atoms with Crippen LogP contribution >= 0.6 is 0 Å². The van der Waals surface area contributed by atoms with Crippen LogP contribution in [0.3, 0.4) is 0 Å². The van der Waals surface area contributed by atoms with Crippen molar-refractivity contribution in [3.05, 3.63) is 70.8 Å². The number of nitrogens with zero attached hydrogens (tertiary/aromatic N) is 4. The molecule has 140 valence electrons. The number of aromatic nitrogens is 3. The van der Waals surface area contributed by atoms with Crippen LogP contribution in [0.1, 0.15) is 28.1 Å². The standard InChI is InChI=1S/C22H27N5/c1-15-12-16(2)22(17(3)13-15)26-20-14-21(25-18(4)24-20)27(5)11-8-19-6-9-23-10-7-19/h6-7,9-10,12-14H,8,11H2,1-5H3,(H,24,25,26). The minimum Gasteiger partial charge on any atom is -0.359 e. The summed E-state index contributed by atoms with van der Waals surface area (Å²) in [5.74, 6) is 2.50. The van der Waals surface area contributed by atoms with E-state index in [-0.39, 0.29) is 0 Å². The molecule has 0 aliphatic heterocycles. The molecule has 0 saturated heterocycles. The molecule has 0 aliphatic rings. The monoisotopic (exact) mass is 361 g/mol. The lowest BCUT2D eigenvalue weighted by Crippen LogP contribution is -2.22. The number of benzene rings is 1. The first-order valence-electron chi connectivity index (χ1n) is 9.23. The van der Waals surface area contributed by atoms with Crippen molar-refractivity contribution in [3.8, 4) is 0 Å². The van der Waals surface area contributed by atoms with Crippen LogP contribution in [-0.4, -0.2) is 28.5 Å². The third-order valence-electron chi connectivity index (χ3n) is 4.63. The van der Waals surface area contributed by atoms with Gasteiger partial charge in [-0.05, 0) is 62.9 Å². The maximum Gasteiger partial charge on any atom is 0.136 e. The van der Waals surface area contributed by atoms with Gasteiger partial charge in [-0.2, -0.15) is 0 Å². The van der Waals surface area contributed by atoms with Gasteiger partial charge in [0.05, 0.1) is 0 Å². The summed E-state index contributed by atoms with van der Waals surface area (Å²) in [6.45, 7) is 9.17. The molecule has 27 heavy (non-hydrogen) atoms. The molecule has 2 aromatic heterocycles. The van der Waals surface area contributed by atoms with Crippen molar-refractivity contribution in [2.24, 2.45) is 0 Å². The zero-order valence-electron chi connectivity index (χ0n) is 16.7. The molecule has 0 aliphatic carbocycles. The Hall–Kier alpha value is -2.95. The Morgan fingerprint density at radius 3 is 2.26 bits per heavy atom. The van der Waals surface area contributed by atoms with Gasteiger partial charge in [-0.1, -0.05) is 17.7 Å². The van der Waals surface area contributed by atoms with Gasteiger partial charge in [-0.25, -0.2) is 9.97 Å². The molecule has 0 fully saturated rings. The SMILES string of the molecule is Cc1cc(C)c(Nc2cc(N(C)CCc3ccncc3)nc(C)n2)c(C)c1. The molecule has 0 saturated carbocycles. The highest BCUT2D eigenvalue weighted by molar-refractivity contribution is 5.66. The molecule has 0 bridgehead atoms. The van der Waals surface area contributed by atoms with E-state index in [2.05, 4.69) is 77.3 Å². The van der Waals surface area contributed by atoms with Gasteiger partial charge in [0.25, 0.3) is 0 Å². The normalized spacial score (nSPS) is 10.7. The van der Waals surface area contributed by atoms with Crippen molar-refractivity contribution >= 4 is 17.3 Å². The Labute approximate surface area is 161 Å². The molecule has 0 radical (unpaired) electrons. The maximum absolute atomic E-state index is 4.61. The van der Waals surface area contributed by atoms with E-state index in [1.165, 1.54) is 22.3 Å². The number of anilines is 3. The molecule has 0 atom stereocenters. The first kappa shape index (κ1) is 18.8. The van der Waals surface area contributed by atoms with E-state index < -0.39 is 0 Å². The predicted octanol–water partition coefficient (Wildman–Crippen LogP) is 4.53. The Kier molecular flexibility index (Phi) is 5.69. The first-order valence-corrected chi connectivity index (χ1v) is 9.23. The smallest absolute Gasteiger partial charge is 0.136 e. The van der Waals surface area contributed by atoms with Crippen LogP contribution in [0.2, 0.25) is 0 Å². The third-order valence-corrected chi connectivity index (χ3v) is 4.63. The van der Waals surface area contributed by atoms with Gasteiger partial charge in [-0.3, -0.25) is 4.98 Å². The van der Waals surface area contributed by atoms with Crippen LogP contribution in [0.5, 0.6) is 0 Å². The van der Waals surface area contributed by atoms with E-state index >= 15 is 0 Å². The molecular weight excluding hydrogens is 334 g/mol. The maximum atomic E-state index is 4.61. The second-order valence-corrected chi connectivity index (χ2v) is 7.08. The number of hydrogen-bond acceptors (Lipinski definition) is 5. The molecule has 1 aromatic carbocycles. The highest BCUT2D eigenvalue weighted by Gasteiger charge is 2.10. The summed E-state index contributed by atoms with van der Waals surface area (Å²) in [7, 11) is 2.06. The van der Waals surface area contributed by atoms with Gasteiger partial charge in [0.2, 0.25) is 0 Å². The van der Waals surface area contributed by atoms with Crippen molar-refractivity contribution in [1.29, 1.82) is 0 Å². The predicted molar refractivity (Wildman–Crippen MR) is 112 cm³/mol. The molecular formula is C22H27N5. The fourth-order valence-electron chi connectivity index (χ4n) is 3.28. The van der Waals surface area contributed by atoms with Crippen molar-refractivity contribution in [1.82, 2.24) is 15.0 Å². The Bertz CT molecular complexity index is 898. The van der Waals surface area contributed by atoms with Gasteiger partial charge < -0.3 is 10.2 Å². The molecule has 0 spiro atoms. The van der Waals surface area contributed by atoms with Gasteiger partial charge in [0.1, 0.15) is 17.5 Å². The lowest BCUT2D eigenvalue weighted by atomic mass is 10.1. The van der Waals surface area contributed by atoms with Crippen LogP contribution in [0.25, 0.3) is 0 Å². The zero-order valence-corrected chi connectivity index (χ0v) is 16.7. The summed E-state index contributed by atoms with van der Waals surface area (Å²) in [5, 5.41) is 3.49. The average Bonchev–Trinajstić information content (AvgIpc) is 2.63. The van der Waals surface area contributed by atoms with E-state index in [9.17, 15) is 0 Å². The summed E-state index contributed by atoms with van der Waals surface area (Å²) in [6.07, 6.45) is 4.61. The largest absolute Gasteiger partial charge is 0.359 e. The van der Waals surface area contributed by atoms with E-state index in [1.54, 1.807) is 0 Å². The summed E-state index contributed by atoms with van der Waals surface area (Å²) < 4.78 is 0. The lowest BCUT2D eigenvalue weighted by Gasteiger charge is -2.20. The van der Waals surface area contributed by atoms with E-state index in [0.717, 1.165) is 36.1 Å². The third kappa shape index (κ3) is 4.82. The number of likely N-dealkylation sites (N-methyl/N-ethyl adjacent to an activating group) is 1. The fourth-order valence-corrected chi connectivity index (χ4v) is 3.28. The number of pyridine rings is 1. The highest BCUT2D eigenvalue weighted by atomic mass is 15.2. The Morgan fingerprint density at radius 1 is 0.926 bits per heavy atom. The van der Waals surface area contributed by atoms with Crippen molar-refractivity contribution in [3.63, 3.8) is 0 Å². The van der Waals surface area contributed by atoms with E-state index in [0.29, 0.717) is 0 Å². The van der Waals surface area contributed by atoms with Gasteiger partial charge >= 0.3 is 0 Å². The van der Waals surface area contributed by atoms with Crippen LogP contribution in [-0.2, 0) is 6.42 Å². The summed E-state index contributed by atoms with van der Waals surface area (Å²) in [4.78, 5) is 15.4. The number of hydrogen-bond donors (Lipinski definition) is 1. The number of rotatable bonds is 6. The van der Waals surface area contributed by atoms with Gasteiger partial charge in [-0.15, -0.1) is 0 Å². The van der Waals surface area contributed by atoms with Crippen molar-refractivity contribution in [2.45, 2.75) is 34.1 Å². The fraction of sp³-hybridized carbons (Fsp3) is 0.318. The summed E-state index contributed by atoms with van der Waals surface area (Å²) >= 11 is 0. The topological polar surface area (TPSA) is 53.9 Å². The summed E-state index contributed by atoms with van der Waals surface area (Å²) in [6, 6.07) is 10.5. The quantitative estimate of drug-likeness (QED) is 0.699. The molecule has 0 unspecified atom stereocenters. The average molecular weight is 361 g/mol. The molecule has 5 heteroatoms. The zero-order chi connectivity index (χ0) is 19.4. The van der Waals surface area contributed by atoms with E-state index in [4.69, 9.17) is 0 Å². The van der Waals surface area contributed by atoms with Gasteiger partial charge in [0.15, 0.2) is 0 Å². The number of aryl methyl sites for hydroxylation is 4. The van der Waals surface area contributed by atoms with Gasteiger partial charge in [0, 0.05) is 37.7 Å². The van der Waals surface area contributed by atoms with Crippen molar-refractivity contribution < 1.29 is 0 Å².